The van der Waals surface area contributed by atoms with Gasteiger partial charge >= 0.3 is 0 Å². The van der Waals surface area contributed by atoms with Gasteiger partial charge in [0.15, 0.2) is 11.8 Å². The molecule has 2 fully saturated rings. The van der Waals surface area contributed by atoms with Crippen LogP contribution in [-0.2, 0) is 16.1 Å². The molecular formula is C24H29N7O2. The molecule has 2 aliphatic carbocycles. The van der Waals surface area contributed by atoms with E-state index in [0.717, 1.165) is 29.2 Å². The van der Waals surface area contributed by atoms with Crippen LogP contribution in [0.5, 0.6) is 0 Å². The number of amides is 2. The Labute approximate surface area is 193 Å². The number of nitrogens with zero attached hydrogens (tertiary/aromatic N) is 5. The molecule has 0 aromatic carbocycles. The maximum absolute atomic E-state index is 12.8. The SMILES string of the molecule is CN=C(NCCN1C(=O)C2C3C=CC(C3)C2C1=O)NCc1ccc(-n2nc(C)cc2C)nc1. The summed E-state index contributed by atoms with van der Waals surface area (Å²) in [6, 6.07) is 5.96. The number of aryl methyl sites for hydroxylation is 2. The van der Waals surface area contributed by atoms with Crippen molar-refractivity contribution in [3.05, 3.63) is 53.5 Å². The standard InChI is InChI=1S/C24H29N7O2/c1-14-10-15(2)31(29-14)19-7-4-16(12-27-19)13-28-24(25-3)26-8-9-30-22(32)20-17-5-6-18(11-17)21(20)23(30)33/h4-7,10,12,17-18,20-21H,8-9,11,13H2,1-3H3,(H2,25,26,28). The van der Waals surface area contributed by atoms with E-state index in [-0.39, 0.29) is 35.5 Å². The molecule has 2 aromatic rings. The van der Waals surface area contributed by atoms with Crippen LogP contribution in [0.15, 0.2) is 41.5 Å². The first-order valence-electron chi connectivity index (χ1n) is 11.4. The smallest absolute Gasteiger partial charge is 0.233 e. The maximum atomic E-state index is 12.8. The molecule has 9 heteroatoms. The van der Waals surface area contributed by atoms with Crippen molar-refractivity contribution in [1.82, 2.24) is 30.3 Å². The normalized spacial score (nSPS) is 25.8. The predicted octanol–water partition coefficient (Wildman–Crippen LogP) is 1.36. The van der Waals surface area contributed by atoms with E-state index in [1.807, 2.05) is 42.9 Å². The van der Waals surface area contributed by atoms with Gasteiger partial charge in [0.25, 0.3) is 0 Å². The molecule has 0 spiro atoms. The Morgan fingerprint density at radius 1 is 1.12 bits per heavy atom. The van der Waals surface area contributed by atoms with E-state index in [1.165, 1.54) is 4.90 Å². The zero-order valence-corrected chi connectivity index (χ0v) is 19.2. The number of carbonyl (C=O) groups is 2. The quantitative estimate of drug-likeness (QED) is 0.300. The molecule has 2 amide bonds. The monoisotopic (exact) mass is 447 g/mol. The Hall–Kier alpha value is -3.49. The Bertz CT molecular complexity index is 1100. The zero-order chi connectivity index (χ0) is 23.1. The lowest BCUT2D eigenvalue weighted by Crippen LogP contribution is -2.43. The van der Waals surface area contributed by atoms with Crippen LogP contribution in [0.2, 0.25) is 0 Å². The fourth-order valence-electron chi connectivity index (χ4n) is 5.38. The summed E-state index contributed by atoms with van der Waals surface area (Å²) in [5, 5.41) is 10.9. The zero-order valence-electron chi connectivity index (χ0n) is 19.2. The van der Waals surface area contributed by atoms with Gasteiger partial charge < -0.3 is 10.6 Å². The number of hydrogen-bond acceptors (Lipinski definition) is 5. The highest BCUT2D eigenvalue weighted by Crippen LogP contribution is 2.52. The first-order valence-corrected chi connectivity index (χ1v) is 11.4. The number of fused-ring (bicyclic) bond motifs is 5. The number of guanidine groups is 1. The maximum Gasteiger partial charge on any atom is 0.233 e. The number of rotatable bonds is 6. The number of carbonyl (C=O) groups excluding carboxylic acids is 2. The van der Waals surface area contributed by atoms with Gasteiger partial charge in [0.1, 0.15) is 0 Å². The van der Waals surface area contributed by atoms with Gasteiger partial charge in [-0.15, -0.1) is 0 Å². The number of allylic oxidation sites excluding steroid dienone is 2. The van der Waals surface area contributed by atoms with E-state index in [2.05, 4.69) is 37.9 Å². The molecule has 3 heterocycles. The molecule has 3 aliphatic rings. The second kappa shape index (κ2) is 8.46. The van der Waals surface area contributed by atoms with Crippen LogP contribution < -0.4 is 10.6 Å². The highest BCUT2D eigenvalue weighted by molar-refractivity contribution is 6.06. The van der Waals surface area contributed by atoms with Crippen LogP contribution in [0.3, 0.4) is 0 Å². The predicted molar refractivity (Wildman–Crippen MR) is 123 cm³/mol. The van der Waals surface area contributed by atoms with Gasteiger partial charge in [0.05, 0.1) is 17.5 Å². The van der Waals surface area contributed by atoms with Gasteiger partial charge in [-0.25, -0.2) is 9.67 Å². The Kier molecular flexibility index (Phi) is 5.47. The fourth-order valence-corrected chi connectivity index (χ4v) is 5.38. The second-order valence-electron chi connectivity index (χ2n) is 9.04. The lowest BCUT2D eigenvalue weighted by molar-refractivity contribution is -0.140. The summed E-state index contributed by atoms with van der Waals surface area (Å²) in [6.45, 7) is 5.31. The third-order valence-corrected chi connectivity index (χ3v) is 6.91. The van der Waals surface area contributed by atoms with Crippen LogP contribution in [0.1, 0.15) is 23.4 Å². The van der Waals surface area contributed by atoms with Gasteiger partial charge in [-0.2, -0.15) is 5.10 Å². The summed E-state index contributed by atoms with van der Waals surface area (Å²) in [7, 11) is 1.69. The molecule has 2 N–H and O–H groups in total. The summed E-state index contributed by atoms with van der Waals surface area (Å²) in [5.74, 6) is 1.56. The second-order valence-corrected chi connectivity index (χ2v) is 9.04. The fraction of sp³-hybridized carbons (Fsp3) is 0.458. The van der Waals surface area contributed by atoms with Crippen molar-refractivity contribution >= 4 is 17.8 Å². The van der Waals surface area contributed by atoms with Gasteiger partial charge in [0.2, 0.25) is 11.8 Å². The summed E-state index contributed by atoms with van der Waals surface area (Å²) >= 11 is 0. The van der Waals surface area contributed by atoms with E-state index < -0.39 is 0 Å². The highest BCUT2D eigenvalue weighted by atomic mass is 16.2. The summed E-state index contributed by atoms with van der Waals surface area (Å²) < 4.78 is 1.82. The average Bonchev–Trinajstić information content (AvgIpc) is 3.56. The minimum atomic E-state index is -0.144. The molecule has 0 radical (unpaired) electrons. The topological polar surface area (TPSA) is 105 Å². The van der Waals surface area contributed by atoms with Crippen molar-refractivity contribution < 1.29 is 9.59 Å². The van der Waals surface area contributed by atoms with Gasteiger partial charge in [-0.1, -0.05) is 18.2 Å². The Morgan fingerprint density at radius 2 is 1.85 bits per heavy atom. The molecule has 9 nitrogen and oxygen atoms in total. The molecule has 2 aromatic heterocycles. The first kappa shape index (κ1) is 21.4. The molecule has 2 bridgehead atoms. The van der Waals surface area contributed by atoms with Gasteiger partial charge in [0, 0.05) is 38.6 Å². The van der Waals surface area contributed by atoms with Crippen molar-refractivity contribution in [2.45, 2.75) is 26.8 Å². The summed E-state index contributed by atoms with van der Waals surface area (Å²) in [5.41, 5.74) is 3.00. The van der Waals surface area contributed by atoms with E-state index in [0.29, 0.717) is 25.6 Å². The first-order chi connectivity index (χ1) is 16.0. The third-order valence-electron chi connectivity index (χ3n) is 6.91. The van der Waals surface area contributed by atoms with Crippen molar-refractivity contribution in [3.63, 3.8) is 0 Å². The molecule has 1 aliphatic heterocycles. The van der Waals surface area contributed by atoms with Crippen LogP contribution in [0.25, 0.3) is 5.82 Å². The molecule has 33 heavy (non-hydrogen) atoms. The van der Waals surface area contributed by atoms with Crippen LogP contribution >= 0.6 is 0 Å². The number of imide groups is 1. The van der Waals surface area contributed by atoms with Crippen LogP contribution in [0.4, 0.5) is 0 Å². The molecule has 4 atom stereocenters. The number of nitrogens with one attached hydrogen (secondary N) is 2. The minimum absolute atomic E-state index is 0.0135. The van der Waals surface area contributed by atoms with Crippen molar-refractivity contribution in [1.29, 1.82) is 0 Å². The number of hydrogen-bond donors (Lipinski definition) is 2. The molecule has 172 valence electrons. The largest absolute Gasteiger partial charge is 0.355 e. The third kappa shape index (κ3) is 3.81. The minimum Gasteiger partial charge on any atom is -0.355 e. The van der Waals surface area contributed by atoms with Crippen molar-refractivity contribution in [2.75, 3.05) is 20.1 Å². The molecular weight excluding hydrogens is 418 g/mol. The molecule has 1 saturated heterocycles. The molecule has 4 unspecified atom stereocenters. The lowest BCUT2D eigenvalue weighted by Gasteiger charge is -2.18. The van der Waals surface area contributed by atoms with Crippen molar-refractivity contribution in [3.8, 4) is 5.82 Å². The number of aromatic nitrogens is 3. The molecule has 5 rings (SSSR count). The Morgan fingerprint density at radius 3 is 2.42 bits per heavy atom. The summed E-state index contributed by atoms with van der Waals surface area (Å²) in [4.78, 5) is 35.7. The van der Waals surface area contributed by atoms with Gasteiger partial charge in [-0.3, -0.25) is 19.5 Å². The number of aliphatic imine (C=N–C) groups is 1. The molecule has 1 saturated carbocycles. The van der Waals surface area contributed by atoms with E-state index >= 15 is 0 Å². The van der Waals surface area contributed by atoms with Crippen LogP contribution in [0, 0.1) is 37.5 Å². The lowest BCUT2D eigenvalue weighted by atomic mass is 9.85. The summed E-state index contributed by atoms with van der Waals surface area (Å²) in [6.07, 6.45) is 6.99. The van der Waals surface area contributed by atoms with E-state index in [1.54, 1.807) is 7.05 Å². The van der Waals surface area contributed by atoms with Gasteiger partial charge in [-0.05, 0) is 49.8 Å². The van der Waals surface area contributed by atoms with E-state index in [9.17, 15) is 9.59 Å². The number of likely N-dealkylation sites (tertiary alicyclic amines) is 1. The van der Waals surface area contributed by atoms with E-state index in [4.69, 9.17) is 0 Å². The van der Waals surface area contributed by atoms with Crippen molar-refractivity contribution in [2.24, 2.45) is 28.7 Å². The number of pyridine rings is 1. The average molecular weight is 448 g/mol. The van der Waals surface area contributed by atoms with Crippen LogP contribution in [-0.4, -0.2) is 57.6 Å². The highest BCUT2D eigenvalue weighted by Gasteiger charge is 2.58. The Balaban J connectivity index is 1.11.